The van der Waals surface area contributed by atoms with Crippen LogP contribution in [0, 0.1) is 28.6 Å². The van der Waals surface area contributed by atoms with Gasteiger partial charge in [-0.25, -0.2) is 0 Å². The molecule has 0 aliphatic heterocycles. The Bertz CT molecular complexity index is 636. The molecule has 0 saturated carbocycles. The Kier molecular flexibility index (Phi) is 3.63. The summed E-state index contributed by atoms with van der Waals surface area (Å²) in [6, 6.07) is 9.42. The maximum atomic E-state index is 9.17. The molecule has 4 heteroatoms. The first-order chi connectivity index (χ1) is 9.15. The van der Waals surface area contributed by atoms with Crippen molar-refractivity contribution in [2.45, 2.75) is 20.4 Å². The summed E-state index contributed by atoms with van der Waals surface area (Å²) >= 11 is 0. The highest BCUT2D eigenvalue weighted by molar-refractivity contribution is 5.75. The fourth-order valence-electron chi connectivity index (χ4n) is 2.02. The van der Waals surface area contributed by atoms with E-state index in [2.05, 4.69) is 31.1 Å². The van der Waals surface area contributed by atoms with Gasteiger partial charge in [0.25, 0.3) is 0 Å². The van der Waals surface area contributed by atoms with Crippen LogP contribution in [0.3, 0.4) is 0 Å². The largest absolute Gasteiger partial charge is 0.272 e. The van der Waals surface area contributed by atoms with Crippen molar-refractivity contribution < 1.29 is 0 Å². The average molecular weight is 250 g/mol. The van der Waals surface area contributed by atoms with Crippen molar-refractivity contribution in [3.63, 3.8) is 0 Å². The molecule has 1 heterocycles. The van der Waals surface area contributed by atoms with E-state index in [0.29, 0.717) is 22.6 Å². The molecule has 0 amide bonds. The second-order valence-corrected chi connectivity index (χ2v) is 4.80. The standard InChI is InChI=1S/C15H14N4/c1-11(2)9-19-10-14(8-18-19)15-12(6-16)4-3-5-13(15)7-17/h3-5,8,10-11H,9H2,1-2H3. The summed E-state index contributed by atoms with van der Waals surface area (Å²) in [5.41, 5.74) is 2.49. The van der Waals surface area contributed by atoms with Gasteiger partial charge in [0, 0.05) is 23.9 Å². The van der Waals surface area contributed by atoms with E-state index in [0.717, 1.165) is 12.1 Å². The molecule has 2 aromatic rings. The molecule has 4 nitrogen and oxygen atoms in total. The summed E-state index contributed by atoms with van der Waals surface area (Å²) in [6.45, 7) is 5.05. The van der Waals surface area contributed by atoms with Crippen LogP contribution in [0.2, 0.25) is 0 Å². The lowest BCUT2D eigenvalue weighted by atomic mass is 9.98. The third-order valence-electron chi connectivity index (χ3n) is 2.78. The highest BCUT2D eigenvalue weighted by atomic mass is 15.3. The van der Waals surface area contributed by atoms with E-state index in [4.69, 9.17) is 10.5 Å². The van der Waals surface area contributed by atoms with Gasteiger partial charge in [-0.05, 0) is 18.1 Å². The Morgan fingerprint density at radius 1 is 1.21 bits per heavy atom. The van der Waals surface area contributed by atoms with E-state index >= 15 is 0 Å². The number of nitrogens with zero attached hydrogens (tertiary/aromatic N) is 4. The fraction of sp³-hybridized carbons (Fsp3) is 0.267. The van der Waals surface area contributed by atoms with Crippen LogP contribution in [0.4, 0.5) is 0 Å². The lowest BCUT2D eigenvalue weighted by Gasteiger charge is -2.05. The highest BCUT2D eigenvalue weighted by Gasteiger charge is 2.12. The Hall–Kier alpha value is -2.59. The first-order valence-corrected chi connectivity index (χ1v) is 6.11. The second kappa shape index (κ2) is 5.37. The maximum absolute atomic E-state index is 9.17. The first-order valence-electron chi connectivity index (χ1n) is 6.11. The predicted octanol–water partition coefficient (Wildman–Crippen LogP) is 2.95. The molecule has 19 heavy (non-hydrogen) atoms. The van der Waals surface area contributed by atoms with Crippen LogP contribution in [-0.2, 0) is 6.54 Å². The highest BCUT2D eigenvalue weighted by Crippen LogP contribution is 2.26. The van der Waals surface area contributed by atoms with E-state index in [-0.39, 0.29) is 0 Å². The van der Waals surface area contributed by atoms with Gasteiger partial charge in [0.15, 0.2) is 0 Å². The van der Waals surface area contributed by atoms with Gasteiger partial charge >= 0.3 is 0 Å². The first kappa shape index (κ1) is 12.9. The van der Waals surface area contributed by atoms with Crippen molar-refractivity contribution in [1.82, 2.24) is 9.78 Å². The van der Waals surface area contributed by atoms with Gasteiger partial charge in [0.05, 0.1) is 29.5 Å². The SMILES string of the molecule is CC(C)Cn1cc(-c2c(C#N)cccc2C#N)cn1. The molecule has 2 rings (SSSR count). The Labute approximate surface area is 112 Å². The molecule has 0 unspecified atom stereocenters. The molecule has 0 aliphatic carbocycles. The minimum absolute atomic E-state index is 0.495. The number of aromatic nitrogens is 2. The zero-order valence-electron chi connectivity index (χ0n) is 11.0. The number of hydrogen-bond donors (Lipinski definition) is 0. The molecule has 0 spiro atoms. The van der Waals surface area contributed by atoms with Crippen LogP contribution in [0.1, 0.15) is 25.0 Å². The molecule has 0 fully saturated rings. The molecule has 1 aromatic heterocycles. The molecular formula is C15H14N4. The molecule has 0 aliphatic rings. The quantitative estimate of drug-likeness (QED) is 0.841. The molecule has 1 aromatic carbocycles. The summed E-state index contributed by atoms with van der Waals surface area (Å²) < 4.78 is 1.84. The molecule has 0 atom stereocenters. The number of rotatable bonds is 3. The van der Waals surface area contributed by atoms with Crippen LogP contribution < -0.4 is 0 Å². The molecule has 0 saturated heterocycles. The Balaban J connectivity index is 2.50. The van der Waals surface area contributed by atoms with Crippen molar-refractivity contribution >= 4 is 0 Å². The van der Waals surface area contributed by atoms with E-state index in [1.807, 2.05) is 10.9 Å². The van der Waals surface area contributed by atoms with Crippen LogP contribution in [0.5, 0.6) is 0 Å². The monoisotopic (exact) mass is 250 g/mol. The summed E-state index contributed by atoms with van der Waals surface area (Å²) in [5, 5.41) is 22.6. The number of nitriles is 2. The third kappa shape index (κ3) is 2.64. The average Bonchev–Trinajstić information content (AvgIpc) is 2.84. The smallest absolute Gasteiger partial charge is 0.0998 e. The van der Waals surface area contributed by atoms with Gasteiger partial charge in [-0.15, -0.1) is 0 Å². The van der Waals surface area contributed by atoms with Gasteiger partial charge in [0.2, 0.25) is 0 Å². The number of hydrogen-bond acceptors (Lipinski definition) is 3. The van der Waals surface area contributed by atoms with Crippen LogP contribution in [-0.4, -0.2) is 9.78 Å². The van der Waals surface area contributed by atoms with E-state index in [1.54, 1.807) is 24.4 Å². The zero-order chi connectivity index (χ0) is 13.8. The minimum atomic E-state index is 0.495. The third-order valence-corrected chi connectivity index (χ3v) is 2.78. The van der Waals surface area contributed by atoms with Crippen LogP contribution in [0.25, 0.3) is 11.1 Å². The van der Waals surface area contributed by atoms with Crippen molar-refractivity contribution in [3.05, 3.63) is 41.7 Å². The lowest BCUT2D eigenvalue weighted by Crippen LogP contribution is -2.04. The molecule has 0 N–H and O–H groups in total. The fourth-order valence-corrected chi connectivity index (χ4v) is 2.02. The molecule has 0 bridgehead atoms. The normalized spacial score (nSPS) is 10.2. The zero-order valence-corrected chi connectivity index (χ0v) is 11.0. The minimum Gasteiger partial charge on any atom is -0.272 e. The van der Waals surface area contributed by atoms with Gasteiger partial charge in [-0.3, -0.25) is 4.68 Å². The van der Waals surface area contributed by atoms with Crippen molar-refractivity contribution in [1.29, 1.82) is 10.5 Å². The predicted molar refractivity (Wildman–Crippen MR) is 71.9 cm³/mol. The van der Waals surface area contributed by atoms with Crippen LogP contribution in [0.15, 0.2) is 30.6 Å². The topological polar surface area (TPSA) is 65.4 Å². The lowest BCUT2D eigenvalue weighted by molar-refractivity contribution is 0.483. The van der Waals surface area contributed by atoms with Crippen LogP contribution >= 0.6 is 0 Å². The Morgan fingerprint density at radius 3 is 2.37 bits per heavy atom. The van der Waals surface area contributed by atoms with E-state index in [9.17, 15) is 0 Å². The van der Waals surface area contributed by atoms with E-state index < -0.39 is 0 Å². The summed E-state index contributed by atoms with van der Waals surface area (Å²) in [4.78, 5) is 0. The van der Waals surface area contributed by atoms with Gasteiger partial charge in [-0.2, -0.15) is 15.6 Å². The van der Waals surface area contributed by atoms with Gasteiger partial charge < -0.3 is 0 Å². The van der Waals surface area contributed by atoms with Gasteiger partial charge in [0.1, 0.15) is 0 Å². The van der Waals surface area contributed by atoms with Crippen molar-refractivity contribution in [2.24, 2.45) is 5.92 Å². The van der Waals surface area contributed by atoms with Gasteiger partial charge in [-0.1, -0.05) is 19.9 Å². The molecule has 94 valence electrons. The Morgan fingerprint density at radius 2 is 1.84 bits per heavy atom. The summed E-state index contributed by atoms with van der Waals surface area (Å²) in [7, 11) is 0. The molecular weight excluding hydrogens is 236 g/mol. The number of benzene rings is 1. The van der Waals surface area contributed by atoms with Crippen molar-refractivity contribution in [3.8, 4) is 23.3 Å². The summed E-state index contributed by atoms with van der Waals surface area (Å²) in [5.74, 6) is 0.495. The summed E-state index contributed by atoms with van der Waals surface area (Å²) in [6.07, 6.45) is 3.59. The molecule has 0 radical (unpaired) electrons. The second-order valence-electron chi connectivity index (χ2n) is 4.80. The maximum Gasteiger partial charge on any atom is 0.0998 e. The van der Waals surface area contributed by atoms with Crippen molar-refractivity contribution in [2.75, 3.05) is 0 Å². The van der Waals surface area contributed by atoms with E-state index in [1.165, 1.54) is 0 Å².